The molecule has 0 aromatic rings. The highest BCUT2D eigenvalue weighted by atomic mass is 16.5. The van der Waals surface area contributed by atoms with Gasteiger partial charge in [0.05, 0.1) is 0 Å². The maximum Gasteiger partial charge on any atom is 0.329 e. The maximum absolute atomic E-state index is 11.8. The number of rotatable bonds is 2. The number of allylic oxidation sites excluding steroid dienone is 1. The first-order valence-corrected chi connectivity index (χ1v) is 11.0. The fraction of sp³-hybridized carbons (Fsp3) is 0.760. The quantitative estimate of drug-likeness (QED) is 0.651. The van der Waals surface area contributed by atoms with Crippen LogP contribution in [0.4, 0.5) is 0 Å². The number of aliphatic carboxylic acids is 1. The molecule has 162 valence electrons. The zero-order chi connectivity index (χ0) is 21.8. The molecule has 4 nitrogen and oxygen atoms in total. The van der Waals surface area contributed by atoms with Gasteiger partial charge in [0, 0.05) is 13.5 Å². The van der Waals surface area contributed by atoms with Crippen LogP contribution in [0.5, 0.6) is 0 Å². The lowest BCUT2D eigenvalue weighted by Crippen LogP contribution is -2.50. The Bertz CT molecular complexity index is 663. The molecule has 3 fully saturated rings. The van der Waals surface area contributed by atoms with Crippen molar-refractivity contribution >= 4 is 11.8 Å². The van der Waals surface area contributed by atoms with E-state index in [0.29, 0.717) is 16.6 Å². The van der Waals surface area contributed by atoms with Crippen molar-refractivity contribution in [2.24, 2.45) is 34.5 Å². The number of ether oxygens (including phenoxy) is 1. The number of carbonyl (C=O) groups is 2. The monoisotopic (exact) mass is 402 g/mol. The summed E-state index contributed by atoms with van der Waals surface area (Å²) in [7, 11) is 1.34. The molecule has 0 saturated heterocycles. The van der Waals surface area contributed by atoms with Crippen molar-refractivity contribution in [2.75, 3.05) is 13.7 Å². The Hall–Kier alpha value is -1.60. The van der Waals surface area contributed by atoms with Gasteiger partial charge in [-0.1, -0.05) is 26.3 Å². The number of ketones is 1. The predicted molar refractivity (Wildman–Crippen MR) is 115 cm³/mol. The molecule has 4 rings (SSSR count). The van der Waals surface area contributed by atoms with E-state index < -0.39 is 5.97 Å². The molecule has 6 unspecified atom stereocenters. The number of carboxylic acid groups (broad SMARTS) is 1. The molecule has 0 bridgehead atoms. The van der Waals surface area contributed by atoms with Gasteiger partial charge in [-0.15, -0.1) is 12.8 Å². The van der Waals surface area contributed by atoms with Crippen molar-refractivity contribution in [2.45, 2.75) is 72.1 Å². The van der Waals surface area contributed by atoms with Crippen molar-refractivity contribution in [3.63, 3.8) is 0 Å². The normalized spacial score (nSPS) is 39.9. The van der Waals surface area contributed by atoms with Gasteiger partial charge in [-0.25, -0.2) is 4.79 Å². The zero-order valence-corrected chi connectivity index (χ0v) is 18.6. The second-order valence-corrected chi connectivity index (χ2v) is 9.82. The van der Waals surface area contributed by atoms with Crippen LogP contribution in [0.1, 0.15) is 72.1 Å². The van der Waals surface area contributed by atoms with Gasteiger partial charge < -0.3 is 9.84 Å². The van der Waals surface area contributed by atoms with Gasteiger partial charge in [0.1, 0.15) is 6.61 Å². The molecular formula is C25H38O4. The van der Waals surface area contributed by atoms with Crippen LogP contribution in [0.15, 0.2) is 11.6 Å². The summed E-state index contributed by atoms with van der Waals surface area (Å²) < 4.78 is 4.20. The van der Waals surface area contributed by atoms with Gasteiger partial charge in [0.15, 0.2) is 5.78 Å². The second-order valence-electron chi connectivity index (χ2n) is 9.82. The fourth-order valence-electron chi connectivity index (χ4n) is 6.95. The molecule has 4 heteroatoms. The Kier molecular flexibility index (Phi) is 7.74. The van der Waals surface area contributed by atoms with Crippen molar-refractivity contribution in [1.82, 2.24) is 0 Å². The van der Waals surface area contributed by atoms with Crippen LogP contribution in [-0.4, -0.2) is 30.6 Å². The first-order valence-electron chi connectivity index (χ1n) is 11.0. The minimum absolute atomic E-state index is 0.208. The van der Waals surface area contributed by atoms with Crippen molar-refractivity contribution < 1.29 is 19.4 Å². The van der Waals surface area contributed by atoms with Gasteiger partial charge in [-0.3, -0.25) is 4.79 Å². The third-order valence-electron chi connectivity index (χ3n) is 8.70. The molecule has 0 aromatic carbocycles. The van der Waals surface area contributed by atoms with Crippen LogP contribution in [0, 0.1) is 47.3 Å². The number of carboxylic acids is 1. The lowest BCUT2D eigenvalue weighted by atomic mass is 9.47. The summed E-state index contributed by atoms with van der Waals surface area (Å²) in [4.78, 5) is 21.3. The van der Waals surface area contributed by atoms with E-state index in [0.717, 1.165) is 36.5 Å². The summed E-state index contributed by atoms with van der Waals surface area (Å²) >= 11 is 0. The van der Waals surface area contributed by atoms with Crippen LogP contribution >= 0.6 is 0 Å². The average Bonchev–Trinajstić information content (AvgIpc) is 2.99. The van der Waals surface area contributed by atoms with Gasteiger partial charge >= 0.3 is 5.97 Å². The molecule has 0 aliphatic heterocycles. The van der Waals surface area contributed by atoms with E-state index in [-0.39, 0.29) is 6.61 Å². The summed E-state index contributed by atoms with van der Waals surface area (Å²) in [6.07, 6.45) is 20.2. The summed E-state index contributed by atoms with van der Waals surface area (Å²) in [5, 5.41) is 7.79. The first-order chi connectivity index (χ1) is 13.7. The molecule has 3 saturated carbocycles. The molecule has 0 amide bonds. The Morgan fingerprint density at radius 3 is 2.41 bits per heavy atom. The predicted octanol–water partition coefficient (Wildman–Crippen LogP) is 5.12. The Morgan fingerprint density at radius 2 is 1.83 bits per heavy atom. The van der Waals surface area contributed by atoms with Crippen LogP contribution in [0.25, 0.3) is 0 Å². The zero-order valence-electron chi connectivity index (χ0n) is 18.6. The Morgan fingerprint density at radius 1 is 1.14 bits per heavy atom. The summed E-state index contributed by atoms with van der Waals surface area (Å²) in [5.74, 6) is 3.12. The third-order valence-corrected chi connectivity index (χ3v) is 8.70. The van der Waals surface area contributed by atoms with E-state index in [1.165, 1.54) is 51.2 Å². The van der Waals surface area contributed by atoms with Crippen LogP contribution in [-0.2, 0) is 14.3 Å². The molecule has 4 aliphatic rings. The fourth-order valence-corrected chi connectivity index (χ4v) is 6.95. The second kappa shape index (κ2) is 9.47. The van der Waals surface area contributed by atoms with Gasteiger partial charge in [-0.05, 0) is 85.5 Å². The summed E-state index contributed by atoms with van der Waals surface area (Å²) in [6, 6.07) is 0. The van der Waals surface area contributed by atoms with Crippen molar-refractivity contribution in [3.05, 3.63) is 11.6 Å². The molecular weight excluding hydrogens is 364 g/mol. The van der Waals surface area contributed by atoms with Crippen molar-refractivity contribution in [3.8, 4) is 12.8 Å². The smallest absolute Gasteiger partial charge is 0.329 e. The minimum atomic E-state index is -0.933. The third kappa shape index (κ3) is 4.45. The summed E-state index contributed by atoms with van der Waals surface area (Å²) in [5.41, 5.74) is 2.47. The lowest BCUT2D eigenvalue weighted by Gasteiger charge is -2.58. The molecule has 0 radical (unpaired) electrons. The van der Waals surface area contributed by atoms with Gasteiger partial charge in [0.2, 0.25) is 0 Å². The highest BCUT2D eigenvalue weighted by Crippen LogP contribution is 2.66. The largest absolute Gasteiger partial charge is 0.480 e. The number of hydrogen-bond acceptors (Lipinski definition) is 3. The highest BCUT2D eigenvalue weighted by Gasteiger charge is 2.57. The minimum Gasteiger partial charge on any atom is -0.480 e. The standard InChI is InChI=1S/C20H30O.C3H6O3.C2H2/c1-13-4-7-17-16-6-5-14-12-15(21)8-10-20(14,3)18(16)9-11-19(13,17)2;1-6-2-3(4)5;1-2/h12-13,16-18H,4-11H2,1-3H3;2H2,1H3,(H,4,5);1-2H. The molecule has 0 aromatic heterocycles. The lowest BCUT2D eigenvalue weighted by molar-refractivity contribution is -0.141. The van der Waals surface area contributed by atoms with E-state index in [9.17, 15) is 9.59 Å². The van der Waals surface area contributed by atoms with E-state index in [1.807, 2.05) is 6.08 Å². The SMILES string of the molecule is C#C.CC1CCC2C3CCC4=CC(=O)CCC4(C)C3CCC12C.COCC(=O)O. The molecule has 0 spiro atoms. The molecule has 1 N–H and O–H groups in total. The topological polar surface area (TPSA) is 63.6 Å². The van der Waals surface area contributed by atoms with Crippen LogP contribution in [0.2, 0.25) is 0 Å². The first kappa shape index (κ1) is 23.7. The number of fused-ring (bicyclic) bond motifs is 5. The summed E-state index contributed by atoms with van der Waals surface area (Å²) in [6.45, 7) is 7.36. The number of terminal acetylenes is 1. The average molecular weight is 403 g/mol. The number of carbonyl (C=O) groups excluding carboxylic acids is 1. The van der Waals surface area contributed by atoms with E-state index >= 15 is 0 Å². The molecule has 0 heterocycles. The number of methoxy groups -OCH3 is 1. The number of hydrogen-bond donors (Lipinski definition) is 1. The maximum atomic E-state index is 11.8. The molecule has 4 aliphatic carbocycles. The van der Waals surface area contributed by atoms with Crippen molar-refractivity contribution in [1.29, 1.82) is 0 Å². The van der Waals surface area contributed by atoms with E-state index in [1.54, 1.807) is 0 Å². The Labute approximate surface area is 176 Å². The van der Waals surface area contributed by atoms with Gasteiger partial charge in [-0.2, -0.15) is 0 Å². The molecule has 6 atom stereocenters. The van der Waals surface area contributed by atoms with E-state index in [4.69, 9.17) is 5.11 Å². The van der Waals surface area contributed by atoms with Gasteiger partial charge in [0.25, 0.3) is 0 Å². The van der Waals surface area contributed by atoms with Crippen LogP contribution < -0.4 is 0 Å². The Balaban J connectivity index is 0.000000325. The van der Waals surface area contributed by atoms with Crippen LogP contribution in [0.3, 0.4) is 0 Å². The molecule has 29 heavy (non-hydrogen) atoms. The van der Waals surface area contributed by atoms with E-state index in [2.05, 4.69) is 38.4 Å². The highest BCUT2D eigenvalue weighted by molar-refractivity contribution is 5.91.